The highest BCUT2D eigenvalue weighted by Crippen LogP contribution is 2.35. The third-order valence-electron chi connectivity index (χ3n) is 6.64. The van der Waals surface area contributed by atoms with Gasteiger partial charge in [-0.25, -0.2) is 4.57 Å². The van der Waals surface area contributed by atoms with E-state index in [1.54, 1.807) is 0 Å². The molecule has 0 saturated heterocycles. The zero-order valence-electron chi connectivity index (χ0n) is 31.5. The maximum Gasteiger partial charge on any atom is 0.469 e. The van der Waals surface area contributed by atoms with E-state index < -0.39 is 7.82 Å². The predicted octanol–water partition coefficient (Wildman–Crippen LogP) is 1.67. The van der Waals surface area contributed by atoms with E-state index in [2.05, 4.69) is 34.2 Å². The van der Waals surface area contributed by atoms with Gasteiger partial charge in [-0.3, -0.25) is 4.52 Å². The van der Waals surface area contributed by atoms with Crippen LogP contribution in [0.4, 0.5) is 0 Å². The molecule has 0 radical (unpaired) electrons. The molecule has 0 aliphatic heterocycles. The van der Waals surface area contributed by atoms with Gasteiger partial charge in [0, 0.05) is 26.2 Å². The number of phosphoric ester groups is 1. The van der Waals surface area contributed by atoms with E-state index >= 15 is 0 Å². The second-order valence-electron chi connectivity index (χ2n) is 11.1. The molecule has 0 spiro atoms. The van der Waals surface area contributed by atoms with Crippen molar-refractivity contribution in [3.8, 4) is 5.75 Å². The van der Waals surface area contributed by atoms with Crippen LogP contribution in [0.5, 0.6) is 5.75 Å². The van der Waals surface area contributed by atoms with E-state index in [9.17, 15) is 4.57 Å². The van der Waals surface area contributed by atoms with Gasteiger partial charge in [0.1, 0.15) is 12.4 Å². The normalized spacial score (nSPS) is 11.1. The molecule has 0 saturated carbocycles. The molecular formula is C35H71N2O14P. The summed E-state index contributed by atoms with van der Waals surface area (Å²) in [4.78, 5) is 17.0. The molecule has 0 fully saturated rings. The van der Waals surface area contributed by atoms with Gasteiger partial charge in [-0.1, -0.05) is 63.6 Å². The maximum atomic E-state index is 10.5. The fourth-order valence-corrected chi connectivity index (χ4v) is 4.41. The molecule has 16 nitrogen and oxygen atoms in total. The van der Waals surface area contributed by atoms with Gasteiger partial charge in [-0.15, -0.1) is 0 Å². The van der Waals surface area contributed by atoms with Crippen molar-refractivity contribution in [1.29, 1.82) is 0 Å². The number of nitrogens with one attached hydrogen (secondary N) is 2. The quantitative estimate of drug-likeness (QED) is 0.0358. The Kier molecular flexibility index (Phi) is 44.8. The first-order valence-electron chi connectivity index (χ1n) is 18.5. The van der Waals surface area contributed by atoms with Gasteiger partial charge in [0.05, 0.1) is 99.1 Å². The van der Waals surface area contributed by atoms with Crippen LogP contribution in [0.25, 0.3) is 0 Å². The van der Waals surface area contributed by atoms with Crippen LogP contribution in [0, 0.1) is 0 Å². The lowest BCUT2D eigenvalue weighted by Crippen LogP contribution is -2.21. The van der Waals surface area contributed by atoms with Gasteiger partial charge in [-0.2, -0.15) is 0 Å². The summed E-state index contributed by atoms with van der Waals surface area (Å²) in [7, 11) is -4.43. The molecule has 0 aromatic heterocycles. The van der Waals surface area contributed by atoms with Gasteiger partial charge in [-0.05, 0) is 24.5 Å². The molecule has 0 aliphatic carbocycles. The summed E-state index contributed by atoms with van der Waals surface area (Å²) in [6.07, 6.45) is 10.2. The number of aliphatic hydroxyl groups excluding tert-OH is 4. The van der Waals surface area contributed by atoms with Crippen molar-refractivity contribution in [2.75, 3.05) is 132 Å². The lowest BCUT2D eigenvalue weighted by Gasteiger charge is -2.12. The fourth-order valence-electron chi connectivity index (χ4n) is 4.10. The van der Waals surface area contributed by atoms with Crippen LogP contribution < -0.4 is 15.4 Å². The van der Waals surface area contributed by atoms with Crippen LogP contribution in [0.15, 0.2) is 24.3 Å². The highest BCUT2D eigenvalue weighted by molar-refractivity contribution is 7.46. The Morgan fingerprint density at radius 1 is 0.538 bits per heavy atom. The van der Waals surface area contributed by atoms with E-state index in [1.807, 2.05) is 12.1 Å². The number of benzene rings is 1. The topological polar surface area (TPSA) is 227 Å². The molecule has 0 aliphatic rings. The van der Waals surface area contributed by atoms with Crippen molar-refractivity contribution in [3.63, 3.8) is 0 Å². The standard InChI is InChI=1S/C27H49O10P.2C4H11NO2/c1-2-3-4-5-6-7-8-11-26-12-9-10-13-27(26)36-24-22-34-20-18-32-16-14-31-15-17-33-19-21-35-23-25-37-38(28,29)30;2*6-3-1-5-2-4-7/h9-10,12-13H,2-8,11,14-25H2,1H3,(H2,28,29,30);2*5-7H,1-4H2. The number of aliphatic hydroxyl groups is 4. The minimum absolute atomic E-state index is 0.0896. The zero-order chi connectivity index (χ0) is 38.6. The third-order valence-corrected chi connectivity index (χ3v) is 7.16. The Hall–Kier alpha value is -1.31. The van der Waals surface area contributed by atoms with Gasteiger partial charge >= 0.3 is 7.82 Å². The number of hydrogen-bond donors (Lipinski definition) is 8. The Morgan fingerprint density at radius 2 is 0.923 bits per heavy atom. The van der Waals surface area contributed by atoms with Crippen LogP contribution >= 0.6 is 7.82 Å². The minimum atomic E-state index is -4.43. The number of para-hydroxylation sites is 1. The van der Waals surface area contributed by atoms with E-state index in [1.165, 1.54) is 50.5 Å². The summed E-state index contributed by atoms with van der Waals surface area (Å²) in [5.41, 5.74) is 1.27. The molecule has 0 heterocycles. The van der Waals surface area contributed by atoms with Crippen LogP contribution in [0.2, 0.25) is 0 Å². The summed E-state index contributed by atoms with van der Waals surface area (Å²) in [6.45, 7) is 9.54. The SMILES string of the molecule is CCCCCCCCCc1ccccc1OCCOCCOCCOCCOCCOCCOP(=O)(O)O.OCCNCCO.OCCNCCO. The summed E-state index contributed by atoms with van der Waals surface area (Å²) < 4.78 is 47.6. The molecule has 0 bridgehead atoms. The van der Waals surface area contributed by atoms with Crippen LogP contribution in [0.3, 0.4) is 0 Å². The van der Waals surface area contributed by atoms with Gasteiger partial charge in [0.15, 0.2) is 0 Å². The van der Waals surface area contributed by atoms with E-state index in [4.69, 9.17) is 58.6 Å². The summed E-state index contributed by atoms with van der Waals surface area (Å²) in [6, 6.07) is 8.28. The van der Waals surface area contributed by atoms with Gasteiger partial charge < -0.3 is 69.3 Å². The molecule has 0 atom stereocenters. The third kappa shape index (κ3) is 44.8. The van der Waals surface area contributed by atoms with Crippen molar-refractivity contribution < 1.29 is 67.7 Å². The first-order chi connectivity index (χ1) is 25.4. The smallest absolute Gasteiger partial charge is 0.469 e. The van der Waals surface area contributed by atoms with Crippen molar-refractivity contribution in [3.05, 3.63) is 29.8 Å². The first kappa shape index (κ1) is 52.8. The first-order valence-corrected chi connectivity index (χ1v) is 20.0. The molecule has 310 valence electrons. The molecule has 1 aromatic rings. The summed E-state index contributed by atoms with van der Waals surface area (Å²) >= 11 is 0. The average molecular weight is 775 g/mol. The van der Waals surface area contributed by atoms with Crippen LogP contribution in [-0.2, 0) is 39.2 Å². The van der Waals surface area contributed by atoms with Crippen molar-refractivity contribution in [2.45, 2.75) is 58.3 Å². The number of aryl methyl sites for hydroxylation is 1. The van der Waals surface area contributed by atoms with E-state index in [0.717, 1.165) is 12.2 Å². The number of phosphoric acid groups is 1. The molecule has 0 amide bonds. The minimum Gasteiger partial charge on any atom is -0.491 e. The van der Waals surface area contributed by atoms with E-state index in [0.29, 0.717) is 92.2 Å². The largest absolute Gasteiger partial charge is 0.491 e. The molecule has 0 unspecified atom stereocenters. The molecule has 1 rings (SSSR count). The zero-order valence-corrected chi connectivity index (χ0v) is 32.4. The van der Waals surface area contributed by atoms with Crippen molar-refractivity contribution >= 4 is 7.82 Å². The predicted molar refractivity (Wildman–Crippen MR) is 200 cm³/mol. The fraction of sp³-hybridized carbons (Fsp3) is 0.829. The lowest BCUT2D eigenvalue weighted by atomic mass is 10.0. The second-order valence-corrected chi connectivity index (χ2v) is 12.3. The molecule has 1 aromatic carbocycles. The number of rotatable bonds is 36. The monoisotopic (exact) mass is 774 g/mol. The van der Waals surface area contributed by atoms with Gasteiger partial charge in [0.2, 0.25) is 0 Å². The summed E-state index contributed by atoms with van der Waals surface area (Å²) in [5, 5.41) is 38.2. The highest BCUT2D eigenvalue weighted by Gasteiger charge is 2.12. The molecule has 52 heavy (non-hydrogen) atoms. The second kappa shape index (κ2) is 44.1. The molecular weight excluding hydrogens is 703 g/mol. The van der Waals surface area contributed by atoms with Gasteiger partial charge in [0.25, 0.3) is 0 Å². The van der Waals surface area contributed by atoms with Crippen LogP contribution in [0.1, 0.15) is 57.4 Å². The van der Waals surface area contributed by atoms with Crippen molar-refractivity contribution in [1.82, 2.24) is 10.6 Å². The Morgan fingerprint density at radius 3 is 1.35 bits per heavy atom. The Balaban J connectivity index is 0. The summed E-state index contributed by atoms with van der Waals surface area (Å²) in [5.74, 6) is 0.958. The number of unbranched alkanes of at least 4 members (excludes halogenated alkanes) is 6. The molecule has 8 N–H and O–H groups in total. The maximum absolute atomic E-state index is 10.5. The number of ether oxygens (including phenoxy) is 6. The Bertz CT molecular complexity index is 855. The lowest BCUT2D eigenvalue weighted by molar-refractivity contribution is -0.0146. The Labute approximate surface area is 311 Å². The highest BCUT2D eigenvalue weighted by atomic mass is 31.2. The van der Waals surface area contributed by atoms with E-state index in [-0.39, 0.29) is 39.6 Å². The van der Waals surface area contributed by atoms with Crippen LogP contribution in [-0.4, -0.2) is 162 Å². The van der Waals surface area contributed by atoms with Crippen molar-refractivity contribution in [2.24, 2.45) is 0 Å². The molecule has 17 heteroatoms. The average Bonchev–Trinajstić information content (AvgIpc) is 3.13. The number of hydrogen-bond acceptors (Lipinski definition) is 14.